The normalized spacial score (nSPS) is 11.5. The van der Waals surface area contributed by atoms with Crippen molar-refractivity contribution in [2.24, 2.45) is 0 Å². The Morgan fingerprint density at radius 3 is 2.50 bits per heavy atom. The zero-order valence-electron chi connectivity index (χ0n) is 10.9. The van der Waals surface area contributed by atoms with Gasteiger partial charge in [-0.2, -0.15) is 0 Å². The van der Waals surface area contributed by atoms with Crippen molar-refractivity contribution in [3.8, 4) is 0 Å². The topological polar surface area (TPSA) is 89.0 Å². The average molecular weight is 358 g/mol. The largest absolute Gasteiger partial charge is 0.268 e. The van der Waals surface area contributed by atoms with Gasteiger partial charge < -0.3 is 0 Å². The molecule has 1 aromatic carbocycles. The van der Waals surface area contributed by atoms with Crippen molar-refractivity contribution in [3.05, 3.63) is 63.5 Å². The van der Waals surface area contributed by atoms with Crippen LogP contribution in [0, 0.1) is 0 Å². The molecule has 1 amide bonds. The standard InChI is InChI=1S/C13H9Cl2N3O3S/c14-10-1-2-11(12(15)5-10)13(19)18-22(20,21)4-3-9-6-16-8-17-7-9/h1-8H,(H,18,19)/b4-3+. The predicted octanol–water partition coefficient (Wildman–Crippen LogP) is 2.51. The number of aromatic nitrogens is 2. The van der Waals surface area contributed by atoms with E-state index < -0.39 is 15.9 Å². The molecule has 0 bridgehead atoms. The third-order valence-electron chi connectivity index (χ3n) is 2.43. The lowest BCUT2D eigenvalue weighted by Gasteiger charge is -2.05. The molecule has 0 saturated carbocycles. The molecule has 0 spiro atoms. The Labute approximate surface area is 136 Å². The summed E-state index contributed by atoms with van der Waals surface area (Å²) in [7, 11) is -3.98. The van der Waals surface area contributed by atoms with E-state index in [2.05, 4.69) is 9.97 Å². The molecule has 0 saturated heterocycles. The zero-order chi connectivity index (χ0) is 16.2. The van der Waals surface area contributed by atoms with E-state index in [1.165, 1.54) is 43.0 Å². The molecule has 9 heteroatoms. The van der Waals surface area contributed by atoms with Gasteiger partial charge in [0.25, 0.3) is 15.9 Å². The van der Waals surface area contributed by atoms with E-state index in [4.69, 9.17) is 23.2 Å². The van der Waals surface area contributed by atoms with Crippen LogP contribution in [0.3, 0.4) is 0 Å². The minimum atomic E-state index is -3.98. The predicted molar refractivity (Wildman–Crippen MR) is 83.9 cm³/mol. The molecular weight excluding hydrogens is 349 g/mol. The number of hydrogen-bond donors (Lipinski definition) is 1. The van der Waals surface area contributed by atoms with E-state index in [1.54, 1.807) is 0 Å². The number of rotatable bonds is 4. The van der Waals surface area contributed by atoms with Crippen molar-refractivity contribution in [2.45, 2.75) is 0 Å². The monoisotopic (exact) mass is 357 g/mol. The molecule has 0 radical (unpaired) electrons. The first-order valence-corrected chi connectivity index (χ1v) is 8.13. The second-order valence-corrected chi connectivity index (χ2v) is 6.48. The van der Waals surface area contributed by atoms with Crippen LogP contribution in [0.1, 0.15) is 15.9 Å². The smallest absolute Gasteiger partial charge is 0.266 e. The molecular formula is C13H9Cl2N3O3S. The molecule has 0 aliphatic rings. The van der Waals surface area contributed by atoms with Crippen molar-refractivity contribution in [2.75, 3.05) is 0 Å². The minimum Gasteiger partial charge on any atom is -0.268 e. The Hall–Kier alpha value is -1.96. The lowest BCUT2D eigenvalue weighted by molar-refractivity contribution is 0.0982. The number of benzene rings is 1. The van der Waals surface area contributed by atoms with Gasteiger partial charge in [0.15, 0.2) is 0 Å². The van der Waals surface area contributed by atoms with Gasteiger partial charge >= 0.3 is 0 Å². The number of halogens is 2. The summed E-state index contributed by atoms with van der Waals surface area (Å²) in [5, 5.41) is 1.24. The van der Waals surface area contributed by atoms with Crippen molar-refractivity contribution in [3.63, 3.8) is 0 Å². The molecule has 1 aromatic heterocycles. The van der Waals surface area contributed by atoms with Crippen LogP contribution >= 0.6 is 23.2 Å². The summed E-state index contributed by atoms with van der Waals surface area (Å²) in [5.74, 6) is -0.851. The fourth-order valence-corrected chi connectivity index (χ4v) is 2.72. The van der Waals surface area contributed by atoms with E-state index >= 15 is 0 Å². The number of carbonyl (C=O) groups is 1. The van der Waals surface area contributed by atoms with Gasteiger partial charge in [0.05, 0.1) is 16.0 Å². The van der Waals surface area contributed by atoms with Gasteiger partial charge in [-0.1, -0.05) is 23.2 Å². The molecule has 114 valence electrons. The summed E-state index contributed by atoms with van der Waals surface area (Å²) in [4.78, 5) is 19.4. The summed E-state index contributed by atoms with van der Waals surface area (Å²) in [5.41, 5.74) is 0.482. The quantitative estimate of drug-likeness (QED) is 0.907. The Morgan fingerprint density at radius 2 is 1.86 bits per heavy atom. The van der Waals surface area contributed by atoms with Crippen molar-refractivity contribution < 1.29 is 13.2 Å². The fourth-order valence-electron chi connectivity index (χ4n) is 1.46. The Kier molecular flexibility index (Phi) is 5.12. The molecule has 2 rings (SSSR count). The molecule has 1 heterocycles. The van der Waals surface area contributed by atoms with Gasteiger partial charge in [-0.05, 0) is 24.3 Å². The number of carbonyl (C=O) groups excluding carboxylic acids is 1. The minimum absolute atomic E-state index is 0.00564. The van der Waals surface area contributed by atoms with Crippen molar-refractivity contribution in [1.29, 1.82) is 0 Å². The molecule has 1 N–H and O–H groups in total. The highest BCUT2D eigenvalue weighted by Gasteiger charge is 2.16. The summed E-state index contributed by atoms with van der Waals surface area (Å²) >= 11 is 11.6. The molecule has 0 atom stereocenters. The summed E-state index contributed by atoms with van der Waals surface area (Å²) in [6.45, 7) is 0. The van der Waals surface area contributed by atoms with Gasteiger partial charge in [-0.3, -0.25) is 4.79 Å². The highest BCUT2D eigenvalue weighted by Crippen LogP contribution is 2.21. The van der Waals surface area contributed by atoms with Gasteiger partial charge in [-0.15, -0.1) is 0 Å². The van der Waals surface area contributed by atoms with Crippen LogP contribution in [0.2, 0.25) is 10.0 Å². The first kappa shape index (κ1) is 16.4. The summed E-state index contributed by atoms with van der Waals surface area (Å²) in [6, 6.07) is 4.12. The van der Waals surface area contributed by atoms with Crippen LogP contribution in [-0.4, -0.2) is 24.3 Å². The molecule has 0 unspecified atom stereocenters. The van der Waals surface area contributed by atoms with Crippen LogP contribution < -0.4 is 4.72 Å². The number of hydrogen-bond acceptors (Lipinski definition) is 5. The maximum atomic E-state index is 11.9. The number of sulfonamides is 1. The second-order valence-electron chi connectivity index (χ2n) is 4.07. The third-order valence-corrected chi connectivity index (χ3v) is 3.94. The van der Waals surface area contributed by atoms with E-state index in [0.29, 0.717) is 10.6 Å². The molecule has 0 aliphatic heterocycles. The van der Waals surface area contributed by atoms with E-state index in [0.717, 1.165) is 5.41 Å². The lowest BCUT2D eigenvalue weighted by Crippen LogP contribution is -2.29. The highest BCUT2D eigenvalue weighted by molar-refractivity contribution is 7.93. The van der Waals surface area contributed by atoms with Gasteiger partial charge in [0.1, 0.15) is 6.33 Å². The SMILES string of the molecule is O=C(NS(=O)(=O)/C=C/c1cncnc1)c1ccc(Cl)cc1Cl. The van der Waals surface area contributed by atoms with Crippen LogP contribution in [0.5, 0.6) is 0 Å². The molecule has 2 aromatic rings. The lowest BCUT2D eigenvalue weighted by atomic mass is 10.2. The number of nitrogens with zero attached hydrogens (tertiary/aromatic N) is 2. The Balaban J connectivity index is 2.14. The van der Waals surface area contributed by atoms with Crippen LogP contribution in [0.15, 0.2) is 42.3 Å². The Bertz CT molecular complexity index is 824. The fraction of sp³-hybridized carbons (Fsp3) is 0. The molecule has 22 heavy (non-hydrogen) atoms. The van der Waals surface area contributed by atoms with Crippen LogP contribution in [0.25, 0.3) is 6.08 Å². The zero-order valence-corrected chi connectivity index (χ0v) is 13.2. The van der Waals surface area contributed by atoms with E-state index in [-0.39, 0.29) is 10.6 Å². The second kappa shape index (κ2) is 6.87. The third kappa shape index (κ3) is 4.52. The molecule has 0 aliphatic carbocycles. The van der Waals surface area contributed by atoms with E-state index in [1.807, 2.05) is 4.72 Å². The van der Waals surface area contributed by atoms with Gasteiger partial charge in [-0.25, -0.2) is 23.1 Å². The highest BCUT2D eigenvalue weighted by atomic mass is 35.5. The van der Waals surface area contributed by atoms with Gasteiger partial charge in [0.2, 0.25) is 0 Å². The average Bonchev–Trinajstić information content (AvgIpc) is 2.45. The number of nitrogens with one attached hydrogen (secondary N) is 1. The first-order valence-electron chi connectivity index (χ1n) is 5.83. The molecule has 6 nitrogen and oxygen atoms in total. The van der Waals surface area contributed by atoms with Crippen molar-refractivity contribution in [1.82, 2.24) is 14.7 Å². The van der Waals surface area contributed by atoms with Crippen LogP contribution in [0.4, 0.5) is 0 Å². The van der Waals surface area contributed by atoms with Crippen molar-refractivity contribution >= 4 is 45.2 Å². The maximum Gasteiger partial charge on any atom is 0.266 e. The molecule has 0 fully saturated rings. The summed E-state index contributed by atoms with van der Waals surface area (Å²) < 4.78 is 25.6. The maximum absolute atomic E-state index is 11.9. The van der Waals surface area contributed by atoms with E-state index in [9.17, 15) is 13.2 Å². The first-order chi connectivity index (χ1) is 10.4. The Morgan fingerprint density at radius 1 is 1.18 bits per heavy atom. The number of amides is 1. The summed E-state index contributed by atoms with van der Waals surface area (Å²) in [6.07, 6.45) is 5.43. The van der Waals surface area contributed by atoms with Gasteiger partial charge in [0, 0.05) is 23.0 Å². The van der Waals surface area contributed by atoms with Crippen LogP contribution in [-0.2, 0) is 10.0 Å².